The molecule has 0 radical (unpaired) electrons. The first kappa shape index (κ1) is 15.3. The number of carbonyl (C=O) groups excluding carboxylic acids is 1. The summed E-state index contributed by atoms with van der Waals surface area (Å²) in [7, 11) is 0. The summed E-state index contributed by atoms with van der Waals surface area (Å²) in [5.74, 6) is -0.833. The minimum atomic E-state index is -1.20. The van der Waals surface area contributed by atoms with Crippen molar-refractivity contribution in [3.63, 3.8) is 0 Å². The summed E-state index contributed by atoms with van der Waals surface area (Å²) in [6.45, 7) is 0.901. The van der Waals surface area contributed by atoms with E-state index in [2.05, 4.69) is 5.32 Å². The van der Waals surface area contributed by atoms with Crippen LogP contribution >= 0.6 is 0 Å². The highest BCUT2D eigenvalue weighted by Crippen LogP contribution is 2.24. The number of aliphatic hydroxyl groups is 2. The standard InChI is InChI=1S/C13H19NO5/c1-13(7-15,8-16)12(19)14-5-4-9-2-3-10(17)11(18)6-9/h2-3,6,15-18H,4-5,7-8H2,1H3,(H,14,19). The molecule has 0 aliphatic heterocycles. The van der Waals surface area contributed by atoms with E-state index in [0.29, 0.717) is 13.0 Å². The van der Waals surface area contributed by atoms with Crippen molar-refractivity contribution in [2.45, 2.75) is 13.3 Å². The van der Waals surface area contributed by atoms with Crippen LogP contribution in [-0.2, 0) is 11.2 Å². The second-order valence-corrected chi connectivity index (χ2v) is 4.71. The number of phenols is 2. The van der Waals surface area contributed by atoms with Crippen molar-refractivity contribution in [1.82, 2.24) is 5.32 Å². The van der Waals surface area contributed by atoms with E-state index in [-0.39, 0.29) is 11.5 Å². The highest BCUT2D eigenvalue weighted by molar-refractivity contribution is 5.82. The van der Waals surface area contributed by atoms with Gasteiger partial charge in [-0.25, -0.2) is 0 Å². The second kappa shape index (κ2) is 6.40. The predicted molar refractivity (Wildman–Crippen MR) is 68.8 cm³/mol. The Labute approximate surface area is 111 Å². The van der Waals surface area contributed by atoms with Gasteiger partial charge in [0.25, 0.3) is 0 Å². The molecule has 0 saturated carbocycles. The summed E-state index contributed by atoms with van der Waals surface area (Å²) < 4.78 is 0. The van der Waals surface area contributed by atoms with Crippen molar-refractivity contribution in [2.24, 2.45) is 5.41 Å². The van der Waals surface area contributed by atoms with Gasteiger partial charge >= 0.3 is 0 Å². The quantitative estimate of drug-likeness (QED) is 0.457. The first-order valence-electron chi connectivity index (χ1n) is 5.94. The lowest BCUT2D eigenvalue weighted by atomic mass is 9.92. The van der Waals surface area contributed by atoms with Crippen molar-refractivity contribution < 1.29 is 25.2 Å². The van der Waals surface area contributed by atoms with Crippen molar-refractivity contribution >= 4 is 5.91 Å². The van der Waals surface area contributed by atoms with Crippen LogP contribution in [0.15, 0.2) is 18.2 Å². The number of carbonyl (C=O) groups is 1. The van der Waals surface area contributed by atoms with E-state index in [1.54, 1.807) is 6.07 Å². The molecule has 5 N–H and O–H groups in total. The fourth-order valence-electron chi connectivity index (χ4n) is 1.45. The Morgan fingerprint density at radius 2 is 1.84 bits per heavy atom. The number of hydrogen-bond acceptors (Lipinski definition) is 5. The normalized spacial score (nSPS) is 11.3. The van der Waals surface area contributed by atoms with E-state index in [1.807, 2.05) is 0 Å². The zero-order valence-corrected chi connectivity index (χ0v) is 10.8. The molecule has 0 aliphatic rings. The largest absolute Gasteiger partial charge is 0.504 e. The fourth-order valence-corrected chi connectivity index (χ4v) is 1.45. The van der Waals surface area contributed by atoms with Crippen molar-refractivity contribution in [2.75, 3.05) is 19.8 Å². The van der Waals surface area contributed by atoms with Gasteiger partial charge in [0.15, 0.2) is 11.5 Å². The predicted octanol–water partition coefficient (Wildman–Crippen LogP) is -0.253. The van der Waals surface area contributed by atoms with Gasteiger partial charge in [0.2, 0.25) is 5.91 Å². The number of aromatic hydroxyl groups is 2. The van der Waals surface area contributed by atoms with Gasteiger partial charge in [-0.2, -0.15) is 0 Å². The van der Waals surface area contributed by atoms with E-state index < -0.39 is 24.5 Å². The molecule has 1 rings (SSSR count). The molecule has 0 bridgehead atoms. The Kier molecular flexibility index (Phi) is 5.14. The molecule has 1 amide bonds. The van der Waals surface area contributed by atoms with Crippen LogP contribution in [0.25, 0.3) is 0 Å². The summed E-state index contributed by atoms with van der Waals surface area (Å²) >= 11 is 0. The molecule has 106 valence electrons. The van der Waals surface area contributed by atoms with E-state index in [0.717, 1.165) is 5.56 Å². The topological polar surface area (TPSA) is 110 Å². The number of nitrogens with one attached hydrogen (secondary N) is 1. The lowest BCUT2D eigenvalue weighted by Gasteiger charge is -2.23. The number of benzene rings is 1. The third-order valence-electron chi connectivity index (χ3n) is 2.99. The number of hydrogen-bond donors (Lipinski definition) is 5. The Balaban J connectivity index is 2.50. The van der Waals surface area contributed by atoms with Crippen molar-refractivity contribution in [1.29, 1.82) is 0 Å². The first-order valence-corrected chi connectivity index (χ1v) is 5.94. The summed E-state index contributed by atoms with van der Waals surface area (Å²) in [6.07, 6.45) is 0.465. The van der Waals surface area contributed by atoms with Gasteiger partial charge in [0.05, 0.1) is 18.6 Å². The molecular formula is C13H19NO5. The molecule has 19 heavy (non-hydrogen) atoms. The third-order valence-corrected chi connectivity index (χ3v) is 2.99. The van der Waals surface area contributed by atoms with Crippen molar-refractivity contribution in [3.8, 4) is 11.5 Å². The highest BCUT2D eigenvalue weighted by atomic mass is 16.3. The second-order valence-electron chi connectivity index (χ2n) is 4.71. The summed E-state index contributed by atoms with van der Waals surface area (Å²) in [6, 6.07) is 4.43. The maximum absolute atomic E-state index is 11.7. The van der Waals surface area contributed by atoms with Crippen LogP contribution in [0.5, 0.6) is 11.5 Å². The van der Waals surface area contributed by atoms with Crippen LogP contribution in [0.1, 0.15) is 12.5 Å². The SMILES string of the molecule is CC(CO)(CO)C(=O)NCCc1ccc(O)c(O)c1. The molecular weight excluding hydrogens is 250 g/mol. The lowest BCUT2D eigenvalue weighted by molar-refractivity contribution is -0.134. The molecule has 0 aromatic heterocycles. The van der Waals surface area contributed by atoms with Gasteiger partial charge in [-0.15, -0.1) is 0 Å². The van der Waals surface area contributed by atoms with Crippen LogP contribution in [-0.4, -0.2) is 46.1 Å². The molecule has 0 heterocycles. The minimum absolute atomic E-state index is 0.194. The molecule has 0 atom stereocenters. The molecule has 0 saturated heterocycles. The molecule has 0 fully saturated rings. The molecule has 0 unspecified atom stereocenters. The average molecular weight is 269 g/mol. The zero-order chi connectivity index (χ0) is 14.5. The van der Waals surface area contributed by atoms with Gasteiger partial charge in [-0.1, -0.05) is 6.07 Å². The summed E-state index contributed by atoms with van der Waals surface area (Å²) in [5, 5.41) is 39.2. The zero-order valence-electron chi connectivity index (χ0n) is 10.8. The molecule has 6 heteroatoms. The van der Waals surface area contributed by atoms with Gasteiger partial charge < -0.3 is 25.7 Å². The smallest absolute Gasteiger partial charge is 0.230 e. The Hall–Kier alpha value is -1.79. The molecule has 1 aromatic carbocycles. The number of phenolic OH excluding ortho intramolecular Hbond substituents is 2. The molecule has 6 nitrogen and oxygen atoms in total. The van der Waals surface area contributed by atoms with E-state index in [9.17, 15) is 9.90 Å². The Morgan fingerprint density at radius 1 is 1.21 bits per heavy atom. The van der Waals surface area contributed by atoms with Gasteiger partial charge in [-0.3, -0.25) is 4.79 Å². The van der Waals surface area contributed by atoms with Crippen LogP contribution in [0, 0.1) is 5.41 Å². The van der Waals surface area contributed by atoms with Crippen LogP contribution < -0.4 is 5.32 Å². The van der Waals surface area contributed by atoms with Crippen LogP contribution in [0.3, 0.4) is 0 Å². The fraction of sp³-hybridized carbons (Fsp3) is 0.462. The lowest BCUT2D eigenvalue weighted by Crippen LogP contribution is -2.44. The Bertz CT molecular complexity index is 443. The average Bonchev–Trinajstić information content (AvgIpc) is 2.41. The van der Waals surface area contributed by atoms with Gasteiger partial charge in [0.1, 0.15) is 0 Å². The molecule has 1 aromatic rings. The summed E-state index contributed by atoms with van der Waals surface area (Å²) in [5.41, 5.74) is -0.442. The minimum Gasteiger partial charge on any atom is -0.504 e. The number of amides is 1. The molecule has 0 aliphatic carbocycles. The summed E-state index contributed by atoms with van der Waals surface area (Å²) in [4.78, 5) is 11.7. The maximum Gasteiger partial charge on any atom is 0.230 e. The highest BCUT2D eigenvalue weighted by Gasteiger charge is 2.31. The van der Waals surface area contributed by atoms with Gasteiger partial charge in [-0.05, 0) is 31.0 Å². The van der Waals surface area contributed by atoms with Crippen LogP contribution in [0.2, 0.25) is 0 Å². The van der Waals surface area contributed by atoms with E-state index in [1.165, 1.54) is 19.1 Å². The Morgan fingerprint density at radius 3 is 2.37 bits per heavy atom. The van der Waals surface area contributed by atoms with Gasteiger partial charge in [0, 0.05) is 6.54 Å². The first-order chi connectivity index (χ1) is 8.92. The molecule has 0 spiro atoms. The van der Waals surface area contributed by atoms with E-state index in [4.69, 9.17) is 15.3 Å². The van der Waals surface area contributed by atoms with Crippen molar-refractivity contribution in [3.05, 3.63) is 23.8 Å². The monoisotopic (exact) mass is 269 g/mol. The number of rotatable bonds is 6. The number of aliphatic hydroxyl groups excluding tert-OH is 2. The third kappa shape index (κ3) is 3.84. The van der Waals surface area contributed by atoms with E-state index >= 15 is 0 Å². The maximum atomic E-state index is 11.7. The van der Waals surface area contributed by atoms with Crippen LogP contribution in [0.4, 0.5) is 0 Å².